The molecule has 0 fully saturated rings. The third kappa shape index (κ3) is 3.75. The molecule has 0 N–H and O–H groups in total. The first-order valence-corrected chi connectivity index (χ1v) is 7.08. The highest BCUT2D eigenvalue weighted by Gasteiger charge is 2.03. The van der Waals surface area contributed by atoms with Crippen LogP contribution in [0.2, 0.25) is 10.0 Å². The Morgan fingerprint density at radius 3 is 2.55 bits per heavy atom. The fourth-order valence-corrected chi connectivity index (χ4v) is 2.11. The second-order valence-electron chi connectivity index (χ2n) is 4.30. The van der Waals surface area contributed by atoms with Crippen molar-refractivity contribution in [3.63, 3.8) is 0 Å². The molecule has 0 spiro atoms. The van der Waals surface area contributed by atoms with Gasteiger partial charge in [0.15, 0.2) is 0 Å². The lowest BCUT2D eigenvalue weighted by Crippen LogP contribution is -1.95. The summed E-state index contributed by atoms with van der Waals surface area (Å²) in [5, 5.41) is 1.32. The van der Waals surface area contributed by atoms with Gasteiger partial charge in [-0.25, -0.2) is 0 Å². The van der Waals surface area contributed by atoms with Crippen molar-refractivity contribution in [2.45, 2.75) is 13.8 Å². The van der Waals surface area contributed by atoms with Crippen molar-refractivity contribution in [3.05, 3.63) is 57.6 Å². The molecule has 0 aromatic heterocycles. The van der Waals surface area contributed by atoms with Gasteiger partial charge in [0.05, 0.1) is 12.3 Å². The van der Waals surface area contributed by atoms with Crippen LogP contribution in [0.15, 0.2) is 41.4 Å². The molecule has 0 heterocycles. The maximum Gasteiger partial charge on any atom is 0.128 e. The minimum atomic E-state index is 0.596. The average molecular weight is 308 g/mol. The Labute approximate surface area is 129 Å². The van der Waals surface area contributed by atoms with Gasteiger partial charge in [0.2, 0.25) is 0 Å². The maximum atomic E-state index is 6.02. The van der Waals surface area contributed by atoms with E-state index in [2.05, 4.69) is 4.99 Å². The molecule has 2 aromatic rings. The molecule has 2 aromatic carbocycles. The molecule has 104 valence electrons. The number of aliphatic imine (C=N–C) groups is 1. The van der Waals surface area contributed by atoms with E-state index in [0.29, 0.717) is 16.7 Å². The highest BCUT2D eigenvalue weighted by atomic mass is 35.5. The van der Waals surface area contributed by atoms with Gasteiger partial charge in [-0.15, -0.1) is 0 Å². The summed E-state index contributed by atoms with van der Waals surface area (Å²) in [4.78, 5) is 4.47. The molecule has 0 atom stereocenters. The number of benzene rings is 2. The van der Waals surface area contributed by atoms with Gasteiger partial charge in [-0.3, -0.25) is 4.99 Å². The molecule has 4 heteroatoms. The average Bonchev–Trinajstić information content (AvgIpc) is 2.42. The lowest BCUT2D eigenvalue weighted by Gasteiger charge is -2.07. The number of halogens is 2. The van der Waals surface area contributed by atoms with Gasteiger partial charge in [0, 0.05) is 21.8 Å². The molecule has 0 aliphatic carbocycles. The molecular formula is C16H15Cl2NO. The number of nitrogens with zero attached hydrogens (tertiary/aromatic N) is 1. The fourth-order valence-electron chi connectivity index (χ4n) is 1.77. The Hall–Kier alpha value is -1.51. The minimum Gasteiger partial charge on any atom is -0.493 e. The second kappa shape index (κ2) is 6.78. The predicted molar refractivity (Wildman–Crippen MR) is 86.1 cm³/mol. The first kappa shape index (κ1) is 14.9. The SMILES string of the molecule is CCOc1ccc(Cl)cc1C=Nc1cc(Cl)ccc1C. The summed E-state index contributed by atoms with van der Waals surface area (Å²) in [6.45, 7) is 4.53. The Bertz CT molecular complexity index is 638. The van der Waals surface area contributed by atoms with E-state index in [4.69, 9.17) is 27.9 Å². The van der Waals surface area contributed by atoms with E-state index >= 15 is 0 Å². The van der Waals surface area contributed by atoms with Crippen LogP contribution in [-0.2, 0) is 0 Å². The fraction of sp³-hybridized carbons (Fsp3) is 0.188. The van der Waals surface area contributed by atoms with Crippen molar-refractivity contribution < 1.29 is 4.74 Å². The molecule has 0 aliphatic rings. The largest absolute Gasteiger partial charge is 0.493 e. The summed E-state index contributed by atoms with van der Waals surface area (Å²) in [7, 11) is 0. The van der Waals surface area contributed by atoms with E-state index in [1.807, 2.05) is 44.2 Å². The summed E-state index contributed by atoms with van der Waals surface area (Å²) >= 11 is 12.0. The zero-order valence-electron chi connectivity index (χ0n) is 11.4. The normalized spacial score (nSPS) is 11.0. The Morgan fingerprint density at radius 1 is 1.10 bits per heavy atom. The monoisotopic (exact) mass is 307 g/mol. The summed E-state index contributed by atoms with van der Waals surface area (Å²) < 4.78 is 5.56. The smallest absolute Gasteiger partial charge is 0.128 e. The van der Waals surface area contributed by atoms with Crippen molar-refractivity contribution in [1.82, 2.24) is 0 Å². The van der Waals surface area contributed by atoms with Crippen LogP contribution in [0.1, 0.15) is 18.1 Å². The van der Waals surface area contributed by atoms with Crippen molar-refractivity contribution in [2.75, 3.05) is 6.61 Å². The lowest BCUT2D eigenvalue weighted by atomic mass is 10.2. The van der Waals surface area contributed by atoms with E-state index < -0.39 is 0 Å². The van der Waals surface area contributed by atoms with Crippen molar-refractivity contribution in [2.24, 2.45) is 4.99 Å². The summed E-state index contributed by atoms with van der Waals surface area (Å²) in [6.07, 6.45) is 1.75. The van der Waals surface area contributed by atoms with Crippen molar-refractivity contribution in [3.8, 4) is 5.75 Å². The molecule has 20 heavy (non-hydrogen) atoms. The highest BCUT2D eigenvalue weighted by molar-refractivity contribution is 6.31. The number of rotatable bonds is 4. The summed E-state index contributed by atoms with van der Waals surface area (Å²) in [5.41, 5.74) is 2.74. The molecule has 0 bridgehead atoms. The topological polar surface area (TPSA) is 21.6 Å². The molecule has 0 radical (unpaired) electrons. The zero-order chi connectivity index (χ0) is 14.5. The number of hydrogen-bond acceptors (Lipinski definition) is 2. The summed E-state index contributed by atoms with van der Waals surface area (Å²) in [5.74, 6) is 0.764. The standard InChI is InChI=1S/C16H15Cl2NO/c1-3-20-16-7-6-13(17)8-12(16)10-19-15-9-14(18)5-4-11(15)2/h4-10H,3H2,1-2H3. The third-order valence-corrected chi connectivity index (χ3v) is 3.26. The van der Waals surface area contributed by atoms with Gasteiger partial charge in [0.25, 0.3) is 0 Å². The first-order chi connectivity index (χ1) is 9.60. The molecule has 0 unspecified atom stereocenters. The van der Waals surface area contributed by atoms with E-state index in [-0.39, 0.29) is 0 Å². The van der Waals surface area contributed by atoms with Crippen LogP contribution in [0, 0.1) is 6.92 Å². The summed E-state index contributed by atoms with van der Waals surface area (Å²) in [6, 6.07) is 11.1. The van der Waals surface area contributed by atoms with E-state index in [1.54, 1.807) is 12.3 Å². The van der Waals surface area contributed by atoms with Crippen LogP contribution < -0.4 is 4.74 Å². The Kier molecular flexibility index (Phi) is 5.05. The third-order valence-electron chi connectivity index (χ3n) is 2.79. The molecule has 0 amide bonds. The van der Waals surface area contributed by atoms with Crippen LogP contribution in [0.3, 0.4) is 0 Å². The zero-order valence-corrected chi connectivity index (χ0v) is 12.9. The van der Waals surface area contributed by atoms with Gasteiger partial charge in [-0.1, -0.05) is 29.3 Å². The van der Waals surface area contributed by atoms with Crippen LogP contribution >= 0.6 is 23.2 Å². The van der Waals surface area contributed by atoms with E-state index in [1.165, 1.54) is 0 Å². The van der Waals surface area contributed by atoms with Gasteiger partial charge < -0.3 is 4.74 Å². The Morgan fingerprint density at radius 2 is 1.80 bits per heavy atom. The molecule has 0 saturated carbocycles. The Balaban J connectivity index is 2.35. The van der Waals surface area contributed by atoms with Gasteiger partial charge in [-0.05, 0) is 49.7 Å². The van der Waals surface area contributed by atoms with Crippen LogP contribution in [0.4, 0.5) is 5.69 Å². The molecule has 2 nitrogen and oxygen atoms in total. The van der Waals surface area contributed by atoms with Crippen LogP contribution in [-0.4, -0.2) is 12.8 Å². The number of hydrogen-bond donors (Lipinski definition) is 0. The number of aryl methyl sites for hydroxylation is 1. The first-order valence-electron chi connectivity index (χ1n) is 6.32. The van der Waals surface area contributed by atoms with Gasteiger partial charge >= 0.3 is 0 Å². The van der Waals surface area contributed by atoms with Gasteiger partial charge in [-0.2, -0.15) is 0 Å². The van der Waals surface area contributed by atoms with Gasteiger partial charge in [0.1, 0.15) is 5.75 Å². The number of ether oxygens (including phenoxy) is 1. The van der Waals surface area contributed by atoms with E-state index in [0.717, 1.165) is 22.6 Å². The van der Waals surface area contributed by atoms with Crippen LogP contribution in [0.5, 0.6) is 5.75 Å². The minimum absolute atomic E-state index is 0.596. The van der Waals surface area contributed by atoms with Crippen molar-refractivity contribution in [1.29, 1.82) is 0 Å². The quantitative estimate of drug-likeness (QED) is 0.688. The van der Waals surface area contributed by atoms with Crippen LogP contribution in [0.25, 0.3) is 0 Å². The molecule has 2 rings (SSSR count). The van der Waals surface area contributed by atoms with Crippen molar-refractivity contribution >= 4 is 35.1 Å². The predicted octanol–water partition coefficient (Wildman–Crippen LogP) is 5.45. The molecule has 0 saturated heterocycles. The van der Waals surface area contributed by atoms with E-state index in [9.17, 15) is 0 Å². The lowest BCUT2D eigenvalue weighted by molar-refractivity contribution is 0.340. The molecule has 0 aliphatic heterocycles. The second-order valence-corrected chi connectivity index (χ2v) is 5.18. The molecular weight excluding hydrogens is 293 g/mol. The maximum absolute atomic E-state index is 6.02. The highest BCUT2D eigenvalue weighted by Crippen LogP contribution is 2.25.